The van der Waals surface area contributed by atoms with Gasteiger partial charge in [0.15, 0.2) is 5.54 Å². The van der Waals surface area contributed by atoms with E-state index in [1.807, 2.05) is 6.07 Å². The van der Waals surface area contributed by atoms with Gasteiger partial charge in [-0.15, -0.1) is 0 Å². The topological polar surface area (TPSA) is 81.8 Å². The maximum absolute atomic E-state index is 11.3. The highest BCUT2D eigenvalue weighted by Crippen LogP contribution is 2.20. The molecule has 0 aliphatic carbocycles. The Morgan fingerprint density at radius 3 is 2.59 bits per heavy atom. The van der Waals surface area contributed by atoms with Crippen molar-refractivity contribution in [1.29, 1.82) is 0 Å². The first kappa shape index (κ1) is 12.0. The lowest BCUT2D eigenvalue weighted by atomic mass is 9.92. The lowest BCUT2D eigenvalue weighted by molar-refractivity contribution is -0.159. The van der Waals surface area contributed by atoms with Crippen LogP contribution in [0.3, 0.4) is 0 Å². The molecule has 1 aliphatic heterocycles. The van der Waals surface area contributed by atoms with Gasteiger partial charge in [0.05, 0.1) is 19.8 Å². The molecule has 1 saturated heterocycles. The summed E-state index contributed by atoms with van der Waals surface area (Å²) >= 11 is 0. The minimum Gasteiger partial charge on any atom is -0.480 e. The van der Waals surface area contributed by atoms with Crippen LogP contribution in [0.4, 0.5) is 0 Å². The summed E-state index contributed by atoms with van der Waals surface area (Å²) in [4.78, 5) is 11.3. The average molecular weight is 237 g/mol. The largest absolute Gasteiger partial charge is 0.480 e. The fourth-order valence-corrected chi connectivity index (χ4v) is 1.56. The highest BCUT2D eigenvalue weighted by molar-refractivity contribution is 5.80. The van der Waals surface area contributed by atoms with Crippen molar-refractivity contribution >= 4 is 5.97 Å². The molecule has 5 heteroatoms. The molecule has 5 nitrogen and oxygen atoms in total. The van der Waals surface area contributed by atoms with Gasteiger partial charge in [0.1, 0.15) is 6.10 Å². The Morgan fingerprint density at radius 2 is 2.12 bits per heavy atom. The maximum Gasteiger partial charge on any atom is 0.330 e. The molecule has 2 rings (SSSR count). The third-order valence-corrected chi connectivity index (χ3v) is 2.82. The van der Waals surface area contributed by atoms with E-state index in [0.29, 0.717) is 18.8 Å². The first-order chi connectivity index (χ1) is 8.13. The molecule has 0 bridgehead atoms. The Bertz CT molecular complexity index is 391. The quantitative estimate of drug-likeness (QED) is 0.771. The van der Waals surface area contributed by atoms with E-state index in [-0.39, 0.29) is 12.7 Å². The van der Waals surface area contributed by atoms with Crippen LogP contribution in [0.1, 0.15) is 5.56 Å². The summed E-state index contributed by atoms with van der Waals surface area (Å²) in [5.41, 5.74) is 4.96. The smallest absolute Gasteiger partial charge is 0.330 e. The van der Waals surface area contributed by atoms with Crippen LogP contribution in [0.15, 0.2) is 30.3 Å². The van der Waals surface area contributed by atoms with E-state index in [0.717, 1.165) is 0 Å². The number of carbonyl (C=O) groups is 1. The summed E-state index contributed by atoms with van der Waals surface area (Å²) in [5.74, 6) is -1.09. The Labute approximate surface area is 99.1 Å². The molecule has 1 unspecified atom stereocenters. The molecule has 0 radical (unpaired) electrons. The van der Waals surface area contributed by atoms with Crippen molar-refractivity contribution in [3.05, 3.63) is 35.9 Å². The van der Waals surface area contributed by atoms with E-state index in [2.05, 4.69) is 0 Å². The predicted octanol–water partition coefficient (Wildman–Crippen LogP) is 0.341. The first-order valence-electron chi connectivity index (χ1n) is 5.40. The molecule has 0 amide bonds. The normalized spacial score (nSPS) is 19.4. The SMILES string of the molecule is NC(COC1COC1)(C(=O)O)c1ccccc1. The Morgan fingerprint density at radius 1 is 1.47 bits per heavy atom. The molecule has 3 N–H and O–H groups in total. The van der Waals surface area contributed by atoms with Crippen LogP contribution in [-0.4, -0.2) is 37.0 Å². The second-order valence-electron chi connectivity index (χ2n) is 4.11. The molecule has 1 heterocycles. The molecule has 1 aromatic rings. The van der Waals surface area contributed by atoms with E-state index in [4.69, 9.17) is 15.2 Å². The van der Waals surface area contributed by atoms with Gasteiger partial charge < -0.3 is 20.3 Å². The number of rotatable bonds is 5. The summed E-state index contributed by atoms with van der Waals surface area (Å²) in [6, 6.07) is 8.70. The minimum atomic E-state index is -1.50. The van der Waals surface area contributed by atoms with Gasteiger partial charge in [0.25, 0.3) is 0 Å². The number of aliphatic carboxylic acids is 1. The van der Waals surface area contributed by atoms with Crippen molar-refractivity contribution in [2.45, 2.75) is 11.6 Å². The minimum absolute atomic E-state index is 0.0408. The fourth-order valence-electron chi connectivity index (χ4n) is 1.56. The highest BCUT2D eigenvalue weighted by Gasteiger charge is 2.38. The number of ether oxygens (including phenoxy) is 2. The maximum atomic E-state index is 11.3. The molecule has 0 spiro atoms. The summed E-state index contributed by atoms with van der Waals surface area (Å²) in [6.45, 7) is 0.954. The molecule has 92 valence electrons. The standard InChI is InChI=1S/C12H15NO4/c13-12(11(14)15,8-17-10-6-16-7-10)9-4-2-1-3-5-9/h1-5,10H,6-8,13H2,(H,14,15). The molecule has 1 atom stereocenters. The summed E-state index contributed by atoms with van der Waals surface area (Å²) in [5, 5.41) is 9.25. The molecular formula is C12H15NO4. The van der Waals surface area contributed by atoms with Gasteiger partial charge in [0, 0.05) is 0 Å². The lowest BCUT2D eigenvalue weighted by Gasteiger charge is -2.31. The van der Waals surface area contributed by atoms with Gasteiger partial charge in [-0.25, -0.2) is 4.79 Å². The van der Waals surface area contributed by atoms with Gasteiger partial charge in [-0.05, 0) is 5.56 Å². The van der Waals surface area contributed by atoms with Crippen LogP contribution in [0.25, 0.3) is 0 Å². The number of carboxylic acids is 1. The third-order valence-electron chi connectivity index (χ3n) is 2.82. The van der Waals surface area contributed by atoms with Gasteiger partial charge in [-0.1, -0.05) is 30.3 Å². The van der Waals surface area contributed by atoms with Crippen LogP contribution >= 0.6 is 0 Å². The molecule has 17 heavy (non-hydrogen) atoms. The van der Waals surface area contributed by atoms with Crippen molar-refractivity contribution in [3.8, 4) is 0 Å². The Balaban J connectivity index is 2.11. The van der Waals surface area contributed by atoms with E-state index in [1.165, 1.54) is 0 Å². The van der Waals surface area contributed by atoms with Crippen LogP contribution in [0, 0.1) is 0 Å². The van der Waals surface area contributed by atoms with Crippen molar-refractivity contribution < 1.29 is 19.4 Å². The molecule has 0 saturated carbocycles. The summed E-state index contributed by atoms with van der Waals surface area (Å²) < 4.78 is 10.4. The predicted molar refractivity (Wildman–Crippen MR) is 60.5 cm³/mol. The van der Waals surface area contributed by atoms with Crippen molar-refractivity contribution in [2.24, 2.45) is 5.73 Å². The second-order valence-corrected chi connectivity index (χ2v) is 4.11. The number of hydrogen-bond acceptors (Lipinski definition) is 4. The average Bonchev–Trinajstić information content (AvgIpc) is 2.27. The van der Waals surface area contributed by atoms with E-state index >= 15 is 0 Å². The van der Waals surface area contributed by atoms with Crippen molar-refractivity contribution in [1.82, 2.24) is 0 Å². The number of hydrogen-bond donors (Lipinski definition) is 2. The van der Waals surface area contributed by atoms with Gasteiger partial charge >= 0.3 is 5.97 Å². The van der Waals surface area contributed by atoms with Gasteiger partial charge in [0.2, 0.25) is 0 Å². The highest BCUT2D eigenvalue weighted by atomic mass is 16.6. The monoisotopic (exact) mass is 237 g/mol. The fraction of sp³-hybridized carbons (Fsp3) is 0.417. The molecular weight excluding hydrogens is 222 g/mol. The molecule has 1 fully saturated rings. The summed E-state index contributed by atoms with van der Waals surface area (Å²) in [7, 11) is 0. The Hall–Kier alpha value is -1.43. The van der Waals surface area contributed by atoms with Gasteiger partial charge in [-0.3, -0.25) is 0 Å². The van der Waals surface area contributed by atoms with Crippen LogP contribution < -0.4 is 5.73 Å². The third kappa shape index (κ3) is 2.46. The van der Waals surface area contributed by atoms with E-state index < -0.39 is 11.5 Å². The molecule has 1 aromatic carbocycles. The zero-order valence-corrected chi connectivity index (χ0v) is 9.33. The molecule has 0 aromatic heterocycles. The van der Waals surface area contributed by atoms with E-state index in [9.17, 15) is 9.90 Å². The summed E-state index contributed by atoms with van der Waals surface area (Å²) in [6.07, 6.45) is -0.0408. The van der Waals surface area contributed by atoms with Crippen LogP contribution in [-0.2, 0) is 19.8 Å². The Kier molecular flexibility index (Phi) is 3.42. The van der Waals surface area contributed by atoms with Crippen molar-refractivity contribution in [3.63, 3.8) is 0 Å². The zero-order chi connectivity index (χ0) is 12.3. The zero-order valence-electron chi connectivity index (χ0n) is 9.33. The second kappa shape index (κ2) is 4.83. The van der Waals surface area contributed by atoms with Gasteiger partial charge in [-0.2, -0.15) is 0 Å². The number of nitrogens with two attached hydrogens (primary N) is 1. The van der Waals surface area contributed by atoms with E-state index in [1.54, 1.807) is 24.3 Å². The lowest BCUT2D eigenvalue weighted by Crippen LogP contribution is -2.51. The van der Waals surface area contributed by atoms with Crippen LogP contribution in [0.5, 0.6) is 0 Å². The number of carboxylic acid groups (broad SMARTS) is 1. The first-order valence-corrected chi connectivity index (χ1v) is 5.40. The van der Waals surface area contributed by atoms with Crippen molar-refractivity contribution in [2.75, 3.05) is 19.8 Å². The number of benzene rings is 1. The molecule has 1 aliphatic rings. The van der Waals surface area contributed by atoms with Crippen LogP contribution in [0.2, 0.25) is 0 Å².